The average Bonchev–Trinajstić information content (AvgIpc) is 3.18. The summed E-state index contributed by atoms with van der Waals surface area (Å²) < 4.78 is 1.68. The minimum absolute atomic E-state index is 0.0186. The minimum Gasteiger partial charge on any atom is -0.325 e. The van der Waals surface area contributed by atoms with Gasteiger partial charge in [-0.1, -0.05) is 41.4 Å². The largest absolute Gasteiger partial charge is 0.325 e. The molecule has 2 N–H and O–H groups in total. The molecule has 140 valence electrons. The zero-order valence-electron chi connectivity index (χ0n) is 14.5. The van der Waals surface area contributed by atoms with Crippen LogP contribution in [0.2, 0.25) is 10.0 Å². The highest BCUT2D eigenvalue weighted by atomic mass is 35.5. The van der Waals surface area contributed by atoms with Crippen LogP contribution in [-0.2, 0) is 21.5 Å². The van der Waals surface area contributed by atoms with Gasteiger partial charge in [0.15, 0.2) is 0 Å². The van der Waals surface area contributed by atoms with E-state index in [1.54, 1.807) is 41.2 Å². The van der Waals surface area contributed by atoms with E-state index in [1.165, 1.54) is 0 Å². The molecule has 28 heavy (non-hydrogen) atoms. The van der Waals surface area contributed by atoms with E-state index >= 15 is 0 Å². The van der Waals surface area contributed by atoms with Crippen molar-refractivity contribution in [3.63, 3.8) is 0 Å². The number of carbonyl (C=O) groups excluding carboxylic acids is 2. The molecule has 0 saturated carbocycles. The molecule has 2 aromatic carbocycles. The van der Waals surface area contributed by atoms with Crippen LogP contribution >= 0.6 is 23.2 Å². The molecule has 0 unspecified atom stereocenters. The summed E-state index contributed by atoms with van der Waals surface area (Å²) in [4.78, 5) is 25.7. The molecule has 2 amide bonds. The molecule has 0 fully saturated rings. The van der Waals surface area contributed by atoms with Crippen molar-refractivity contribution in [1.29, 1.82) is 0 Å². The third kappa shape index (κ3) is 2.38. The van der Waals surface area contributed by atoms with Crippen molar-refractivity contribution >= 4 is 46.5 Å². The molecule has 5 rings (SSSR count). The number of halogens is 2. The standard InChI is InChI=1S/C20H14Cl2N4O2/c21-12-6-4-11(5-7-12)10-26-18-13(9-23-26)20(8-16(27)25-18)17-14(22)2-1-3-15(17)24-19(20)28/h1-7,9H,8,10H2,(H,24,28)(H,25,27)/t20-/m1/s1. The molecular weight excluding hydrogens is 399 g/mol. The van der Waals surface area contributed by atoms with Gasteiger partial charge < -0.3 is 10.6 Å². The van der Waals surface area contributed by atoms with Gasteiger partial charge in [-0.3, -0.25) is 9.59 Å². The van der Waals surface area contributed by atoms with E-state index < -0.39 is 5.41 Å². The van der Waals surface area contributed by atoms with Crippen LogP contribution in [0, 0.1) is 0 Å². The maximum Gasteiger partial charge on any atom is 0.240 e. The van der Waals surface area contributed by atoms with Gasteiger partial charge >= 0.3 is 0 Å². The lowest BCUT2D eigenvalue weighted by atomic mass is 9.72. The zero-order valence-corrected chi connectivity index (χ0v) is 16.0. The van der Waals surface area contributed by atoms with Gasteiger partial charge in [0.25, 0.3) is 0 Å². The van der Waals surface area contributed by atoms with Crippen LogP contribution in [0.4, 0.5) is 11.5 Å². The van der Waals surface area contributed by atoms with Gasteiger partial charge in [0.05, 0.1) is 12.7 Å². The summed E-state index contributed by atoms with van der Waals surface area (Å²) in [5.74, 6) is -0.0138. The van der Waals surface area contributed by atoms with Crippen molar-refractivity contribution in [1.82, 2.24) is 9.78 Å². The predicted molar refractivity (Wildman–Crippen MR) is 107 cm³/mol. The summed E-state index contributed by atoms with van der Waals surface area (Å²) in [6, 6.07) is 12.7. The molecule has 6 nitrogen and oxygen atoms in total. The molecule has 0 saturated heterocycles. The molecule has 0 bridgehead atoms. The van der Waals surface area contributed by atoms with Gasteiger partial charge in [-0.25, -0.2) is 4.68 Å². The highest BCUT2D eigenvalue weighted by Gasteiger charge is 2.55. The lowest BCUT2D eigenvalue weighted by Crippen LogP contribution is -2.43. The molecule has 1 atom stereocenters. The first-order valence-corrected chi connectivity index (χ1v) is 9.45. The monoisotopic (exact) mass is 412 g/mol. The van der Waals surface area contributed by atoms with Crippen molar-refractivity contribution in [2.75, 3.05) is 10.6 Å². The number of hydrogen-bond acceptors (Lipinski definition) is 3. The minimum atomic E-state index is -1.18. The molecule has 1 aromatic heterocycles. The number of benzene rings is 2. The normalized spacial score (nSPS) is 19.9. The van der Waals surface area contributed by atoms with Crippen molar-refractivity contribution in [2.45, 2.75) is 18.4 Å². The Morgan fingerprint density at radius 2 is 1.86 bits per heavy atom. The first-order valence-electron chi connectivity index (χ1n) is 8.70. The number of hydrogen-bond donors (Lipinski definition) is 2. The van der Waals surface area contributed by atoms with Gasteiger partial charge in [-0.15, -0.1) is 0 Å². The molecule has 2 aliphatic rings. The Morgan fingerprint density at radius 3 is 2.64 bits per heavy atom. The second kappa shape index (κ2) is 6.09. The number of nitrogens with zero attached hydrogens (tertiary/aromatic N) is 2. The number of aromatic nitrogens is 2. The van der Waals surface area contributed by atoms with E-state index in [-0.39, 0.29) is 18.2 Å². The Hall–Kier alpha value is -2.83. The quantitative estimate of drug-likeness (QED) is 0.671. The average molecular weight is 413 g/mol. The Morgan fingerprint density at radius 1 is 1.07 bits per heavy atom. The number of rotatable bonds is 2. The van der Waals surface area contributed by atoms with Crippen LogP contribution in [0.25, 0.3) is 0 Å². The van der Waals surface area contributed by atoms with Crippen molar-refractivity contribution in [2.24, 2.45) is 0 Å². The summed E-state index contributed by atoms with van der Waals surface area (Å²) >= 11 is 12.4. The van der Waals surface area contributed by atoms with Gasteiger partial charge in [-0.2, -0.15) is 5.10 Å². The number of fused-ring (bicyclic) bond motifs is 4. The molecular formula is C20H14Cl2N4O2. The SMILES string of the molecule is O=C1C[C@@]2(C(=O)Nc3cccc(Cl)c32)c2cnn(Cc3ccc(Cl)cc3)c2N1. The Bertz CT molecular complexity index is 1140. The van der Waals surface area contributed by atoms with Crippen LogP contribution < -0.4 is 10.6 Å². The summed E-state index contributed by atoms with van der Waals surface area (Å²) in [6.07, 6.45) is 1.62. The van der Waals surface area contributed by atoms with Crippen LogP contribution in [0.5, 0.6) is 0 Å². The molecule has 1 spiro atoms. The third-order valence-electron chi connectivity index (χ3n) is 5.30. The number of amides is 2. The van der Waals surface area contributed by atoms with Crippen molar-refractivity contribution < 1.29 is 9.59 Å². The summed E-state index contributed by atoms with van der Waals surface area (Å²) in [7, 11) is 0. The predicted octanol–water partition coefficient (Wildman–Crippen LogP) is 3.82. The Balaban J connectivity index is 1.66. The smallest absolute Gasteiger partial charge is 0.240 e. The summed E-state index contributed by atoms with van der Waals surface area (Å²) in [5.41, 5.74) is 1.69. The highest BCUT2D eigenvalue weighted by molar-refractivity contribution is 6.33. The van der Waals surface area contributed by atoms with Gasteiger partial charge in [0, 0.05) is 33.3 Å². The fourth-order valence-corrected chi connectivity index (χ4v) is 4.52. The zero-order chi connectivity index (χ0) is 19.5. The van der Waals surface area contributed by atoms with E-state index in [0.717, 1.165) is 5.56 Å². The van der Waals surface area contributed by atoms with Crippen molar-refractivity contribution in [3.05, 3.63) is 75.4 Å². The Kier molecular flexibility index (Phi) is 3.76. The molecule has 0 radical (unpaired) electrons. The van der Waals surface area contributed by atoms with E-state index in [9.17, 15) is 9.59 Å². The lowest BCUT2D eigenvalue weighted by molar-refractivity contribution is -0.125. The maximum atomic E-state index is 13.1. The number of carbonyl (C=O) groups is 2. The Labute approximate surface area is 170 Å². The van der Waals surface area contributed by atoms with Gasteiger partial charge in [0.2, 0.25) is 11.8 Å². The molecule has 8 heteroatoms. The van der Waals surface area contributed by atoms with Crippen LogP contribution in [0.1, 0.15) is 23.1 Å². The second-order valence-corrected chi connectivity index (χ2v) is 7.78. The van der Waals surface area contributed by atoms with E-state index in [0.29, 0.717) is 39.2 Å². The van der Waals surface area contributed by atoms with E-state index in [1.807, 2.05) is 12.1 Å². The third-order valence-corrected chi connectivity index (χ3v) is 5.87. The van der Waals surface area contributed by atoms with Crippen LogP contribution in [0.3, 0.4) is 0 Å². The summed E-state index contributed by atoms with van der Waals surface area (Å²) in [6.45, 7) is 0.430. The molecule has 0 aliphatic carbocycles. The fraction of sp³-hybridized carbons (Fsp3) is 0.150. The van der Waals surface area contributed by atoms with Gasteiger partial charge in [-0.05, 0) is 29.8 Å². The van der Waals surface area contributed by atoms with Crippen LogP contribution in [-0.4, -0.2) is 21.6 Å². The summed E-state index contributed by atoms with van der Waals surface area (Å²) in [5, 5.41) is 11.3. The molecule has 2 aliphatic heterocycles. The van der Waals surface area contributed by atoms with E-state index in [4.69, 9.17) is 23.2 Å². The first-order chi connectivity index (χ1) is 13.5. The van der Waals surface area contributed by atoms with Gasteiger partial charge in [0.1, 0.15) is 11.2 Å². The lowest BCUT2D eigenvalue weighted by Gasteiger charge is -2.32. The molecule has 3 aromatic rings. The highest BCUT2D eigenvalue weighted by Crippen LogP contribution is 2.52. The van der Waals surface area contributed by atoms with Crippen molar-refractivity contribution in [3.8, 4) is 0 Å². The maximum absolute atomic E-state index is 13.1. The number of nitrogens with one attached hydrogen (secondary N) is 2. The first kappa shape index (κ1) is 17.3. The van der Waals surface area contributed by atoms with Crippen LogP contribution in [0.15, 0.2) is 48.7 Å². The fourth-order valence-electron chi connectivity index (χ4n) is 4.05. The molecule has 3 heterocycles. The van der Waals surface area contributed by atoms with E-state index in [2.05, 4.69) is 15.7 Å². The second-order valence-electron chi connectivity index (χ2n) is 6.94. The number of anilines is 2. The topological polar surface area (TPSA) is 76.0 Å².